The summed E-state index contributed by atoms with van der Waals surface area (Å²) in [5.74, 6) is 16.6. The second-order valence-electron chi connectivity index (χ2n) is 8.98. The predicted octanol–water partition coefficient (Wildman–Crippen LogP) is 7.93. The second kappa shape index (κ2) is 13.9. The molecule has 2 saturated carbocycles. The lowest BCUT2D eigenvalue weighted by molar-refractivity contribution is 0.294. The van der Waals surface area contributed by atoms with Crippen molar-refractivity contribution in [2.45, 2.75) is 110 Å². The van der Waals surface area contributed by atoms with Gasteiger partial charge in [-0.3, -0.25) is 0 Å². The van der Waals surface area contributed by atoms with E-state index in [1.807, 2.05) is 12.2 Å². The summed E-state index contributed by atoms with van der Waals surface area (Å²) >= 11 is 0. The van der Waals surface area contributed by atoms with Crippen molar-refractivity contribution in [3.8, 4) is 23.7 Å². The van der Waals surface area contributed by atoms with Crippen LogP contribution >= 0.6 is 0 Å². The zero-order valence-electron chi connectivity index (χ0n) is 18.1. The van der Waals surface area contributed by atoms with E-state index in [2.05, 4.69) is 37.5 Å². The third-order valence-electron chi connectivity index (χ3n) is 6.68. The van der Waals surface area contributed by atoms with Gasteiger partial charge in [-0.15, -0.1) is 0 Å². The average Bonchev–Trinajstić information content (AvgIpc) is 2.70. The monoisotopic (exact) mass is 366 g/mol. The maximum absolute atomic E-state index is 3.47. The first kappa shape index (κ1) is 22.2. The minimum Gasteiger partial charge on any atom is -0.0951 e. The Morgan fingerprint density at radius 1 is 0.593 bits per heavy atom. The molecule has 0 atom stereocenters. The van der Waals surface area contributed by atoms with Crippen LogP contribution in [-0.4, -0.2) is 0 Å². The van der Waals surface area contributed by atoms with Crippen molar-refractivity contribution in [1.29, 1.82) is 0 Å². The molecule has 2 aliphatic rings. The predicted molar refractivity (Wildman–Crippen MR) is 119 cm³/mol. The molecule has 2 aliphatic carbocycles. The molecule has 27 heavy (non-hydrogen) atoms. The SMILES string of the molecule is CCCCCCC1CCC(C#CC=CC#CC2CCC(CCC)CC2)CC1. The van der Waals surface area contributed by atoms with Gasteiger partial charge in [0.1, 0.15) is 0 Å². The summed E-state index contributed by atoms with van der Waals surface area (Å²) in [5.41, 5.74) is 0. The third kappa shape index (κ3) is 9.56. The van der Waals surface area contributed by atoms with E-state index in [-0.39, 0.29) is 0 Å². The van der Waals surface area contributed by atoms with Gasteiger partial charge >= 0.3 is 0 Å². The van der Waals surface area contributed by atoms with Crippen LogP contribution < -0.4 is 0 Å². The molecule has 0 radical (unpaired) electrons. The Balaban J connectivity index is 1.58. The molecule has 0 aliphatic heterocycles. The van der Waals surface area contributed by atoms with Crippen LogP contribution in [0.3, 0.4) is 0 Å². The molecular formula is C27H42. The van der Waals surface area contributed by atoms with Crippen molar-refractivity contribution >= 4 is 0 Å². The van der Waals surface area contributed by atoms with Gasteiger partial charge in [-0.1, -0.05) is 82.5 Å². The van der Waals surface area contributed by atoms with E-state index >= 15 is 0 Å². The van der Waals surface area contributed by atoms with E-state index in [1.165, 1.54) is 96.3 Å². The van der Waals surface area contributed by atoms with E-state index in [1.54, 1.807) is 0 Å². The van der Waals surface area contributed by atoms with Gasteiger partial charge < -0.3 is 0 Å². The van der Waals surface area contributed by atoms with Crippen LogP contribution in [0, 0.1) is 47.4 Å². The van der Waals surface area contributed by atoms with Crippen LogP contribution in [0.15, 0.2) is 12.2 Å². The number of allylic oxidation sites excluding steroid dienone is 2. The van der Waals surface area contributed by atoms with E-state index < -0.39 is 0 Å². The maximum Gasteiger partial charge on any atom is 0.0206 e. The molecule has 0 nitrogen and oxygen atoms in total. The molecule has 0 amide bonds. The largest absolute Gasteiger partial charge is 0.0951 e. The Morgan fingerprint density at radius 3 is 1.59 bits per heavy atom. The van der Waals surface area contributed by atoms with Gasteiger partial charge in [0.15, 0.2) is 0 Å². The summed E-state index contributed by atoms with van der Waals surface area (Å²) in [5, 5.41) is 0. The van der Waals surface area contributed by atoms with E-state index in [0.717, 1.165) is 11.8 Å². The Kier molecular flexibility index (Phi) is 11.4. The van der Waals surface area contributed by atoms with Crippen molar-refractivity contribution in [1.82, 2.24) is 0 Å². The van der Waals surface area contributed by atoms with Crippen molar-refractivity contribution < 1.29 is 0 Å². The van der Waals surface area contributed by atoms with Gasteiger partial charge in [-0.2, -0.15) is 0 Å². The lowest BCUT2D eigenvalue weighted by Crippen LogP contribution is -2.13. The van der Waals surface area contributed by atoms with Crippen molar-refractivity contribution in [3.05, 3.63) is 12.2 Å². The van der Waals surface area contributed by atoms with E-state index in [9.17, 15) is 0 Å². The van der Waals surface area contributed by atoms with E-state index in [4.69, 9.17) is 0 Å². The zero-order chi connectivity index (χ0) is 19.2. The minimum absolute atomic E-state index is 0.628. The van der Waals surface area contributed by atoms with Crippen LogP contribution in [0.25, 0.3) is 0 Å². The Hall–Kier alpha value is -1.14. The highest BCUT2D eigenvalue weighted by Gasteiger charge is 2.19. The molecule has 0 heterocycles. The van der Waals surface area contributed by atoms with Crippen molar-refractivity contribution in [2.75, 3.05) is 0 Å². The summed E-state index contributed by atoms with van der Waals surface area (Å²) in [6, 6.07) is 0. The Morgan fingerprint density at radius 2 is 1.11 bits per heavy atom. The highest BCUT2D eigenvalue weighted by atomic mass is 14.2. The highest BCUT2D eigenvalue weighted by molar-refractivity contribution is 5.26. The minimum atomic E-state index is 0.628. The number of unbranched alkanes of at least 4 members (excludes halogenated alkanes) is 3. The standard InChI is InChI=1S/C27H42/c1-3-5-6-9-13-25-20-22-27(23-21-25)15-11-8-7-10-14-26-18-16-24(12-4-2)17-19-26/h7-8,24-27H,3-6,9,12-13,16-23H2,1-2H3. The first-order valence-corrected chi connectivity index (χ1v) is 12.0. The zero-order valence-corrected chi connectivity index (χ0v) is 18.1. The number of hydrogen-bond acceptors (Lipinski definition) is 0. The molecule has 2 rings (SSSR count). The van der Waals surface area contributed by atoms with E-state index in [0.29, 0.717) is 11.8 Å². The van der Waals surface area contributed by atoms with Crippen molar-refractivity contribution in [2.24, 2.45) is 23.7 Å². The second-order valence-corrected chi connectivity index (χ2v) is 8.98. The van der Waals surface area contributed by atoms with Crippen LogP contribution in [0.1, 0.15) is 110 Å². The molecule has 0 bridgehead atoms. The molecule has 0 spiro atoms. The van der Waals surface area contributed by atoms with Gasteiger partial charge in [-0.05, 0) is 75.4 Å². The average molecular weight is 367 g/mol. The fraction of sp³-hybridized carbons (Fsp3) is 0.778. The first-order chi connectivity index (χ1) is 13.3. The van der Waals surface area contributed by atoms with Crippen LogP contribution in [0.5, 0.6) is 0 Å². The maximum atomic E-state index is 3.47. The number of hydrogen-bond donors (Lipinski definition) is 0. The summed E-state index contributed by atoms with van der Waals surface area (Å²) in [4.78, 5) is 0. The topological polar surface area (TPSA) is 0 Å². The summed E-state index contributed by atoms with van der Waals surface area (Å²) in [6.07, 6.45) is 24.6. The first-order valence-electron chi connectivity index (χ1n) is 12.0. The summed E-state index contributed by atoms with van der Waals surface area (Å²) in [6.45, 7) is 4.60. The van der Waals surface area contributed by atoms with Gasteiger partial charge in [0, 0.05) is 11.8 Å². The third-order valence-corrected chi connectivity index (χ3v) is 6.68. The Labute approximate surface area is 170 Å². The smallest absolute Gasteiger partial charge is 0.0206 e. The molecule has 150 valence electrons. The summed E-state index contributed by atoms with van der Waals surface area (Å²) in [7, 11) is 0. The molecule has 0 aromatic carbocycles. The van der Waals surface area contributed by atoms with Gasteiger partial charge in [0.2, 0.25) is 0 Å². The quantitative estimate of drug-likeness (QED) is 0.317. The fourth-order valence-corrected chi connectivity index (χ4v) is 4.87. The lowest BCUT2D eigenvalue weighted by atomic mass is 9.80. The molecular weight excluding hydrogens is 324 g/mol. The lowest BCUT2D eigenvalue weighted by Gasteiger charge is -2.25. The molecule has 0 N–H and O–H groups in total. The van der Waals surface area contributed by atoms with Crippen LogP contribution in [0.2, 0.25) is 0 Å². The molecule has 2 fully saturated rings. The molecule has 0 unspecified atom stereocenters. The number of rotatable bonds is 7. The fourth-order valence-electron chi connectivity index (χ4n) is 4.87. The van der Waals surface area contributed by atoms with Gasteiger partial charge in [-0.25, -0.2) is 0 Å². The molecule has 0 aromatic rings. The Bertz CT molecular complexity index is 516. The normalized spacial score (nSPS) is 28.2. The summed E-state index contributed by atoms with van der Waals surface area (Å²) < 4.78 is 0. The highest BCUT2D eigenvalue weighted by Crippen LogP contribution is 2.32. The van der Waals surface area contributed by atoms with Crippen LogP contribution in [0.4, 0.5) is 0 Å². The molecule has 0 heteroatoms. The van der Waals surface area contributed by atoms with Crippen molar-refractivity contribution in [3.63, 3.8) is 0 Å². The van der Waals surface area contributed by atoms with Crippen LogP contribution in [-0.2, 0) is 0 Å². The molecule has 0 aromatic heterocycles. The van der Waals surface area contributed by atoms with Gasteiger partial charge in [0.25, 0.3) is 0 Å². The van der Waals surface area contributed by atoms with Gasteiger partial charge in [0.05, 0.1) is 0 Å². The molecule has 0 saturated heterocycles.